The number of carbonyl (C=O) groups excluding carboxylic acids is 1. The van der Waals surface area contributed by atoms with Gasteiger partial charge in [0.2, 0.25) is 5.91 Å². The molecule has 2 aromatic rings. The van der Waals surface area contributed by atoms with Gasteiger partial charge in [-0.1, -0.05) is 23.7 Å². The van der Waals surface area contributed by atoms with Crippen LogP contribution in [0.25, 0.3) is 0 Å². The fourth-order valence-electron chi connectivity index (χ4n) is 1.70. The third kappa shape index (κ3) is 4.25. The lowest BCUT2D eigenvalue weighted by atomic mass is 10.2. The number of carbonyl (C=O) groups is 1. The SMILES string of the molecule is Cc1ccc(NC(=O)CNc2cccc(Cl)c2)c(Br)c1. The van der Waals surface area contributed by atoms with Gasteiger partial charge in [-0.3, -0.25) is 4.79 Å². The Hall–Kier alpha value is -1.52. The predicted molar refractivity (Wildman–Crippen MR) is 87.5 cm³/mol. The quantitative estimate of drug-likeness (QED) is 0.852. The second-order valence-corrected chi connectivity index (χ2v) is 5.69. The summed E-state index contributed by atoms with van der Waals surface area (Å²) in [5.41, 5.74) is 2.70. The minimum absolute atomic E-state index is 0.116. The Balaban J connectivity index is 1.92. The van der Waals surface area contributed by atoms with Crippen LogP contribution in [0.2, 0.25) is 5.02 Å². The zero-order valence-electron chi connectivity index (χ0n) is 10.9. The van der Waals surface area contributed by atoms with Crippen molar-refractivity contribution in [2.75, 3.05) is 17.2 Å². The van der Waals surface area contributed by atoms with Crippen molar-refractivity contribution in [3.05, 3.63) is 57.5 Å². The van der Waals surface area contributed by atoms with E-state index in [0.717, 1.165) is 21.4 Å². The highest BCUT2D eigenvalue weighted by Crippen LogP contribution is 2.23. The van der Waals surface area contributed by atoms with E-state index in [4.69, 9.17) is 11.6 Å². The maximum atomic E-state index is 11.9. The first-order valence-corrected chi connectivity index (χ1v) is 7.27. The summed E-state index contributed by atoms with van der Waals surface area (Å²) in [4.78, 5) is 11.9. The molecule has 0 atom stereocenters. The summed E-state index contributed by atoms with van der Waals surface area (Å²) in [6, 6.07) is 13.0. The lowest BCUT2D eigenvalue weighted by Gasteiger charge is -2.10. The second-order valence-electron chi connectivity index (χ2n) is 4.40. The summed E-state index contributed by atoms with van der Waals surface area (Å²) in [7, 11) is 0. The van der Waals surface area contributed by atoms with E-state index in [1.54, 1.807) is 12.1 Å². The number of halogens is 2. The first kappa shape index (κ1) is 14.9. The van der Waals surface area contributed by atoms with Crippen LogP contribution in [0.4, 0.5) is 11.4 Å². The van der Waals surface area contributed by atoms with Gasteiger partial charge in [-0.2, -0.15) is 0 Å². The number of hydrogen-bond acceptors (Lipinski definition) is 2. The largest absolute Gasteiger partial charge is 0.376 e. The van der Waals surface area contributed by atoms with Gasteiger partial charge in [0.25, 0.3) is 0 Å². The van der Waals surface area contributed by atoms with Crippen LogP contribution in [0.15, 0.2) is 46.9 Å². The number of nitrogens with one attached hydrogen (secondary N) is 2. The van der Waals surface area contributed by atoms with Crippen LogP contribution in [-0.2, 0) is 4.79 Å². The van der Waals surface area contributed by atoms with E-state index in [0.29, 0.717) is 5.02 Å². The van der Waals surface area contributed by atoms with Crippen molar-refractivity contribution in [1.82, 2.24) is 0 Å². The Bertz CT molecular complexity index is 631. The summed E-state index contributed by atoms with van der Waals surface area (Å²) in [6.45, 7) is 2.18. The van der Waals surface area contributed by atoms with Gasteiger partial charge in [0.15, 0.2) is 0 Å². The predicted octanol–water partition coefficient (Wildman–Crippen LogP) is 4.46. The maximum Gasteiger partial charge on any atom is 0.243 e. The van der Waals surface area contributed by atoms with E-state index in [9.17, 15) is 4.79 Å². The molecule has 2 rings (SSSR count). The zero-order chi connectivity index (χ0) is 14.5. The number of aryl methyl sites for hydroxylation is 1. The Labute approximate surface area is 131 Å². The van der Waals surface area contributed by atoms with E-state index < -0.39 is 0 Å². The molecule has 0 unspecified atom stereocenters. The van der Waals surface area contributed by atoms with Gasteiger partial charge in [0.1, 0.15) is 0 Å². The molecule has 0 heterocycles. The molecule has 0 saturated carbocycles. The van der Waals surface area contributed by atoms with Gasteiger partial charge < -0.3 is 10.6 Å². The molecule has 0 spiro atoms. The molecule has 0 aromatic heterocycles. The molecular formula is C15H14BrClN2O. The van der Waals surface area contributed by atoms with Crippen molar-refractivity contribution in [2.24, 2.45) is 0 Å². The molecule has 0 aliphatic heterocycles. The number of anilines is 2. The smallest absolute Gasteiger partial charge is 0.243 e. The van der Waals surface area contributed by atoms with Crippen molar-refractivity contribution in [2.45, 2.75) is 6.92 Å². The van der Waals surface area contributed by atoms with Gasteiger partial charge in [-0.25, -0.2) is 0 Å². The fourth-order valence-corrected chi connectivity index (χ4v) is 2.48. The molecule has 0 saturated heterocycles. The molecule has 2 aromatic carbocycles. The monoisotopic (exact) mass is 352 g/mol. The van der Waals surface area contributed by atoms with Gasteiger partial charge in [0.05, 0.1) is 12.2 Å². The number of amides is 1. The number of benzene rings is 2. The highest BCUT2D eigenvalue weighted by molar-refractivity contribution is 9.10. The lowest BCUT2D eigenvalue weighted by Crippen LogP contribution is -2.21. The maximum absolute atomic E-state index is 11.9. The Morgan fingerprint density at radius 1 is 1.25 bits per heavy atom. The van der Waals surface area contributed by atoms with Gasteiger partial charge in [-0.05, 0) is 58.7 Å². The van der Waals surface area contributed by atoms with Gasteiger partial charge in [-0.15, -0.1) is 0 Å². The summed E-state index contributed by atoms with van der Waals surface area (Å²) in [5, 5.41) is 6.50. The molecule has 20 heavy (non-hydrogen) atoms. The Kier molecular flexibility index (Phi) is 5.04. The van der Waals surface area contributed by atoms with E-state index in [1.807, 2.05) is 37.3 Å². The fraction of sp³-hybridized carbons (Fsp3) is 0.133. The molecular weight excluding hydrogens is 340 g/mol. The van der Waals surface area contributed by atoms with Crippen LogP contribution >= 0.6 is 27.5 Å². The highest BCUT2D eigenvalue weighted by atomic mass is 79.9. The molecule has 0 bridgehead atoms. The van der Waals surface area contributed by atoms with Crippen molar-refractivity contribution >= 4 is 44.8 Å². The summed E-state index contributed by atoms with van der Waals surface area (Å²) in [6.07, 6.45) is 0. The molecule has 0 fully saturated rings. The Morgan fingerprint density at radius 3 is 2.75 bits per heavy atom. The van der Waals surface area contributed by atoms with Crippen molar-refractivity contribution in [3.63, 3.8) is 0 Å². The third-order valence-corrected chi connectivity index (χ3v) is 3.57. The van der Waals surface area contributed by atoms with Crippen LogP contribution in [0, 0.1) is 6.92 Å². The molecule has 2 N–H and O–H groups in total. The third-order valence-electron chi connectivity index (χ3n) is 2.68. The van der Waals surface area contributed by atoms with Crippen LogP contribution in [0.3, 0.4) is 0 Å². The number of rotatable bonds is 4. The van der Waals surface area contributed by atoms with Crippen LogP contribution in [0.1, 0.15) is 5.56 Å². The van der Waals surface area contributed by atoms with Crippen LogP contribution in [-0.4, -0.2) is 12.5 Å². The van der Waals surface area contributed by atoms with E-state index in [1.165, 1.54) is 0 Å². The summed E-state index contributed by atoms with van der Waals surface area (Å²) >= 11 is 9.31. The summed E-state index contributed by atoms with van der Waals surface area (Å²) in [5.74, 6) is -0.116. The van der Waals surface area contributed by atoms with E-state index in [-0.39, 0.29) is 12.5 Å². The molecule has 5 heteroatoms. The van der Waals surface area contributed by atoms with E-state index in [2.05, 4.69) is 26.6 Å². The molecule has 0 radical (unpaired) electrons. The zero-order valence-corrected chi connectivity index (χ0v) is 13.3. The van der Waals surface area contributed by atoms with Crippen LogP contribution < -0.4 is 10.6 Å². The van der Waals surface area contributed by atoms with Crippen molar-refractivity contribution < 1.29 is 4.79 Å². The number of hydrogen-bond donors (Lipinski definition) is 2. The average Bonchev–Trinajstić information content (AvgIpc) is 2.40. The average molecular weight is 354 g/mol. The lowest BCUT2D eigenvalue weighted by molar-refractivity contribution is -0.114. The van der Waals surface area contributed by atoms with E-state index >= 15 is 0 Å². The molecule has 1 amide bonds. The normalized spacial score (nSPS) is 10.2. The Morgan fingerprint density at radius 2 is 2.05 bits per heavy atom. The first-order valence-electron chi connectivity index (χ1n) is 6.10. The summed E-state index contributed by atoms with van der Waals surface area (Å²) < 4.78 is 0.869. The standard InChI is InChI=1S/C15H14BrClN2O/c1-10-5-6-14(13(16)7-10)19-15(20)9-18-12-4-2-3-11(17)8-12/h2-8,18H,9H2,1H3,(H,19,20). The molecule has 0 aliphatic carbocycles. The van der Waals surface area contributed by atoms with Crippen LogP contribution in [0.5, 0.6) is 0 Å². The minimum atomic E-state index is -0.116. The highest BCUT2D eigenvalue weighted by Gasteiger charge is 2.05. The minimum Gasteiger partial charge on any atom is -0.376 e. The molecule has 0 aliphatic rings. The molecule has 3 nitrogen and oxygen atoms in total. The van der Waals surface area contributed by atoms with Gasteiger partial charge >= 0.3 is 0 Å². The molecule has 104 valence electrons. The topological polar surface area (TPSA) is 41.1 Å². The first-order chi connectivity index (χ1) is 9.54. The van der Waals surface area contributed by atoms with Crippen molar-refractivity contribution in [1.29, 1.82) is 0 Å². The van der Waals surface area contributed by atoms with Crippen molar-refractivity contribution in [3.8, 4) is 0 Å². The van der Waals surface area contributed by atoms with Gasteiger partial charge in [0, 0.05) is 15.2 Å². The second kappa shape index (κ2) is 6.77.